The van der Waals surface area contributed by atoms with Gasteiger partial charge in [0.25, 0.3) is 0 Å². The molecule has 0 bridgehead atoms. The lowest BCUT2D eigenvalue weighted by Crippen LogP contribution is -1.97. The Morgan fingerprint density at radius 3 is 2.38 bits per heavy atom. The summed E-state index contributed by atoms with van der Waals surface area (Å²) in [6, 6.07) is 1.49. The van der Waals surface area contributed by atoms with Crippen molar-refractivity contribution in [1.82, 2.24) is 0 Å². The van der Waals surface area contributed by atoms with Crippen molar-refractivity contribution >= 4 is 11.6 Å². The highest BCUT2D eigenvalue weighted by Crippen LogP contribution is 2.32. The van der Waals surface area contributed by atoms with E-state index in [1.807, 2.05) is 0 Å². The lowest BCUT2D eigenvalue weighted by atomic mass is 10.0. The lowest BCUT2D eigenvalue weighted by molar-refractivity contribution is 0.269. The average molecular weight is 203 g/mol. The van der Waals surface area contributed by atoms with Crippen molar-refractivity contribution in [1.29, 1.82) is 0 Å². The van der Waals surface area contributed by atoms with E-state index in [2.05, 4.69) is 0 Å². The fourth-order valence-corrected chi connectivity index (χ4v) is 1.45. The molecule has 72 valence electrons. The molecule has 0 aliphatic carbocycles. The molecule has 0 fully saturated rings. The third-order valence-electron chi connectivity index (χ3n) is 2.08. The molecule has 0 atom stereocenters. The molecule has 1 aromatic rings. The van der Waals surface area contributed by atoms with Crippen molar-refractivity contribution < 1.29 is 15.3 Å². The minimum atomic E-state index is -0.286. The quantitative estimate of drug-likeness (QED) is 0.678. The Morgan fingerprint density at radius 1 is 1.31 bits per heavy atom. The molecule has 0 saturated carbocycles. The topological polar surface area (TPSA) is 60.7 Å². The summed E-state index contributed by atoms with van der Waals surface area (Å²) < 4.78 is 0. The molecule has 13 heavy (non-hydrogen) atoms. The van der Waals surface area contributed by atoms with Gasteiger partial charge < -0.3 is 15.3 Å². The lowest BCUT2D eigenvalue weighted by Gasteiger charge is -2.11. The molecular formula is C9H11ClO3. The summed E-state index contributed by atoms with van der Waals surface area (Å²) in [5.41, 5.74) is 1.66. The van der Waals surface area contributed by atoms with Crippen LogP contribution in [0.5, 0.6) is 5.75 Å². The predicted molar refractivity (Wildman–Crippen MR) is 49.7 cm³/mol. The van der Waals surface area contributed by atoms with Gasteiger partial charge in [-0.1, -0.05) is 11.6 Å². The third kappa shape index (κ3) is 1.77. The summed E-state index contributed by atoms with van der Waals surface area (Å²) in [5, 5.41) is 27.5. The zero-order valence-corrected chi connectivity index (χ0v) is 7.97. The first-order valence-electron chi connectivity index (χ1n) is 3.83. The van der Waals surface area contributed by atoms with Crippen LogP contribution in [0.1, 0.15) is 16.7 Å². The second-order valence-corrected chi connectivity index (χ2v) is 3.19. The van der Waals surface area contributed by atoms with Crippen LogP contribution in [0.2, 0.25) is 5.02 Å². The Labute approximate surface area is 81.2 Å². The first-order valence-corrected chi connectivity index (χ1v) is 4.21. The SMILES string of the molecule is Cc1c(CO)cc(Cl)c(O)c1CO. The van der Waals surface area contributed by atoms with Crippen molar-refractivity contribution in [2.75, 3.05) is 0 Å². The summed E-state index contributed by atoms with van der Waals surface area (Å²) in [6.07, 6.45) is 0. The molecule has 0 amide bonds. The Bertz CT molecular complexity index is 323. The number of phenols is 1. The molecule has 0 spiro atoms. The van der Waals surface area contributed by atoms with E-state index in [9.17, 15) is 5.11 Å². The minimum absolute atomic E-state index is 0.112. The summed E-state index contributed by atoms with van der Waals surface area (Å²) >= 11 is 5.68. The highest BCUT2D eigenvalue weighted by molar-refractivity contribution is 6.32. The van der Waals surface area contributed by atoms with Gasteiger partial charge in [-0.25, -0.2) is 0 Å². The van der Waals surface area contributed by atoms with Gasteiger partial charge in [-0.15, -0.1) is 0 Å². The van der Waals surface area contributed by atoms with Gasteiger partial charge in [-0.05, 0) is 24.1 Å². The first kappa shape index (κ1) is 10.3. The molecule has 1 aromatic carbocycles. The van der Waals surface area contributed by atoms with Gasteiger partial charge in [-0.3, -0.25) is 0 Å². The number of halogens is 1. The maximum absolute atomic E-state index is 9.42. The van der Waals surface area contributed by atoms with Crippen molar-refractivity contribution in [2.45, 2.75) is 20.1 Å². The van der Waals surface area contributed by atoms with Gasteiger partial charge in [0.05, 0.1) is 18.2 Å². The van der Waals surface area contributed by atoms with Crippen LogP contribution < -0.4 is 0 Å². The van der Waals surface area contributed by atoms with Gasteiger partial charge in [0, 0.05) is 5.56 Å². The van der Waals surface area contributed by atoms with Crippen LogP contribution in [0.3, 0.4) is 0 Å². The zero-order valence-electron chi connectivity index (χ0n) is 7.21. The van der Waals surface area contributed by atoms with Crippen molar-refractivity contribution in [3.63, 3.8) is 0 Å². The van der Waals surface area contributed by atoms with Crippen molar-refractivity contribution in [3.8, 4) is 5.75 Å². The molecule has 3 N–H and O–H groups in total. The highest BCUT2D eigenvalue weighted by Gasteiger charge is 2.12. The smallest absolute Gasteiger partial charge is 0.139 e. The molecule has 1 rings (SSSR count). The van der Waals surface area contributed by atoms with Crippen molar-refractivity contribution in [2.24, 2.45) is 0 Å². The largest absolute Gasteiger partial charge is 0.506 e. The molecule has 0 unspecified atom stereocenters. The molecule has 0 saturated heterocycles. The van der Waals surface area contributed by atoms with Crippen LogP contribution in [-0.2, 0) is 13.2 Å². The summed E-state index contributed by atoms with van der Waals surface area (Å²) in [5.74, 6) is -0.112. The minimum Gasteiger partial charge on any atom is -0.506 e. The van der Waals surface area contributed by atoms with E-state index in [1.165, 1.54) is 6.07 Å². The van der Waals surface area contributed by atoms with E-state index in [0.29, 0.717) is 16.7 Å². The van der Waals surface area contributed by atoms with E-state index in [4.69, 9.17) is 21.8 Å². The summed E-state index contributed by atoms with van der Waals surface area (Å²) in [4.78, 5) is 0. The molecule has 0 radical (unpaired) electrons. The number of aliphatic hydroxyl groups is 2. The molecule has 4 heteroatoms. The molecule has 0 heterocycles. The van der Waals surface area contributed by atoms with Crippen LogP contribution in [0.15, 0.2) is 6.07 Å². The Kier molecular flexibility index (Phi) is 3.14. The van der Waals surface area contributed by atoms with Crippen LogP contribution in [0, 0.1) is 6.92 Å². The van der Waals surface area contributed by atoms with Crippen LogP contribution in [0.25, 0.3) is 0 Å². The van der Waals surface area contributed by atoms with E-state index in [-0.39, 0.29) is 24.0 Å². The second kappa shape index (κ2) is 3.96. The maximum atomic E-state index is 9.42. The first-order chi connectivity index (χ1) is 6.11. The van der Waals surface area contributed by atoms with Gasteiger partial charge in [0.15, 0.2) is 0 Å². The Morgan fingerprint density at radius 2 is 1.92 bits per heavy atom. The second-order valence-electron chi connectivity index (χ2n) is 2.79. The van der Waals surface area contributed by atoms with Crippen LogP contribution >= 0.6 is 11.6 Å². The fraction of sp³-hybridized carbons (Fsp3) is 0.333. The number of rotatable bonds is 2. The normalized spacial score (nSPS) is 10.5. The monoisotopic (exact) mass is 202 g/mol. The summed E-state index contributed by atoms with van der Waals surface area (Å²) in [6.45, 7) is 1.28. The number of hydrogen-bond donors (Lipinski definition) is 3. The fourth-order valence-electron chi connectivity index (χ4n) is 1.20. The van der Waals surface area contributed by atoms with E-state index in [0.717, 1.165) is 0 Å². The van der Waals surface area contributed by atoms with Gasteiger partial charge >= 0.3 is 0 Å². The number of aromatic hydroxyl groups is 1. The predicted octanol–water partition coefficient (Wildman–Crippen LogP) is 1.34. The molecule has 0 aliphatic rings. The van der Waals surface area contributed by atoms with Crippen molar-refractivity contribution in [3.05, 3.63) is 27.8 Å². The zero-order chi connectivity index (χ0) is 10.0. The highest BCUT2D eigenvalue weighted by atomic mass is 35.5. The molecule has 0 aromatic heterocycles. The molecule has 0 aliphatic heterocycles. The number of hydrogen-bond acceptors (Lipinski definition) is 3. The standard InChI is InChI=1S/C9H11ClO3/c1-5-6(3-11)2-8(10)9(13)7(5)4-12/h2,11-13H,3-4H2,1H3. The maximum Gasteiger partial charge on any atom is 0.139 e. The number of aliphatic hydroxyl groups excluding tert-OH is 2. The van der Waals surface area contributed by atoms with E-state index >= 15 is 0 Å². The molecular weight excluding hydrogens is 192 g/mol. The Balaban J connectivity index is 3.39. The van der Waals surface area contributed by atoms with Gasteiger partial charge in [-0.2, -0.15) is 0 Å². The number of benzene rings is 1. The summed E-state index contributed by atoms with van der Waals surface area (Å²) in [7, 11) is 0. The Hall–Kier alpha value is -0.770. The van der Waals surface area contributed by atoms with Gasteiger partial charge in [0.1, 0.15) is 5.75 Å². The molecule has 3 nitrogen and oxygen atoms in total. The third-order valence-corrected chi connectivity index (χ3v) is 2.36. The van der Waals surface area contributed by atoms with Gasteiger partial charge in [0.2, 0.25) is 0 Å². The van der Waals surface area contributed by atoms with E-state index in [1.54, 1.807) is 6.92 Å². The van der Waals surface area contributed by atoms with E-state index < -0.39 is 0 Å². The average Bonchev–Trinajstić information content (AvgIpc) is 2.12. The van der Waals surface area contributed by atoms with Crippen LogP contribution in [0.4, 0.5) is 0 Å². The van der Waals surface area contributed by atoms with Crippen LogP contribution in [-0.4, -0.2) is 15.3 Å².